The lowest BCUT2D eigenvalue weighted by Crippen LogP contribution is -1.93. The number of benzene rings is 1. The zero-order valence-corrected chi connectivity index (χ0v) is 10.9. The molecule has 7 heteroatoms. The van der Waals surface area contributed by atoms with E-state index in [1.165, 1.54) is 11.3 Å². The highest BCUT2D eigenvalue weighted by atomic mass is 32.1. The van der Waals surface area contributed by atoms with E-state index < -0.39 is 0 Å². The average Bonchev–Trinajstić information content (AvgIpc) is 3.09. The Morgan fingerprint density at radius 3 is 3.05 bits per heavy atom. The molecule has 0 unspecified atom stereocenters. The van der Waals surface area contributed by atoms with Gasteiger partial charge in [-0.2, -0.15) is 9.61 Å². The summed E-state index contributed by atoms with van der Waals surface area (Å²) < 4.78 is 7.04. The van der Waals surface area contributed by atoms with Crippen molar-refractivity contribution < 1.29 is 4.52 Å². The van der Waals surface area contributed by atoms with Gasteiger partial charge in [0.1, 0.15) is 5.01 Å². The molecule has 0 radical (unpaired) electrons. The SMILES string of the molecule is Cc1nnc2sc(Cc3noc4ccccc34)nn12. The maximum Gasteiger partial charge on any atom is 0.234 e. The van der Waals surface area contributed by atoms with Crippen LogP contribution in [0.3, 0.4) is 0 Å². The number of hydrogen-bond donors (Lipinski definition) is 0. The molecule has 0 spiro atoms. The minimum absolute atomic E-state index is 0.643. The molecule has 0 aliphatic rings. The summed E-state index contributed by atoms with van der Waals surface area (Å²) in [4.78, 5) is 0.806. The lowest BCUT2D eigenvalue weighted by Gasteiger charge is -1.91. The first-order valence-corrected chi connectivity index (χ1v) is 6.64. The van der Waals surface area contributed by atoms with Crippen LogP contribution in [0.5, 0.6) is 0 Å². The van der Waals surface area contributed by atoms with Gasteiger partial charge in [0.05, 0.1) is 5.69 Å². The molecule has 6 nitrogen and oxygen atoms in total. The van der Waals surface area contributed by atoms with Gasteiger partial charge in [-0.25, -0.2) is 0 Å². The first-order valence-electron chi connectivity index (χ1n) is 5.82. The second-order valence-electron chi connectivity index (χ2n) is 4.24. The standard InChI is InChI=1S/C12H9N5OS/c1-7-13-14-12-17(7)15-11(19-12)6-9-8-4-2-3-5-10(8)18-16-9/h2-5H,6H2,1H3. The number of rotatable bonds is 2. The summed E-state index contributed by atoms with van der Waals surface area (Å²) in [7, 11) is 0. The van der Waals surface area contributed by atoms with E-state index >= 15 is 0 Å². The van der Waals surface area contributed by atoms with E-state index in [0.29, 0.717) is 6.42 Å². The average molecular weight is 271 g/mol. The van der Waals surface area contributed by atoms with Crippen LogP contribution in [-0.2, 0) is 6.42 Å². The van der Waals surface area contributed by atoms with Gasteiger partial charge in [-0.15, -0.1) is 10.2 Å². The minimum atomic E-state index is 0.643. The van der Waals surface area contributed by atoms with Crippen LogP contribution in [-0.4, -0.2) is 25.0 Å². The fraction of sp³-hybridized carbons (Fsp3) is 0.167. The smallest absolute Gasteiger partial charge is 0.234 e. The zero-order valence-electron chi connectivity index (χ0n) is 10.1. The summed E-state index contributed by atoms with van der Waals surface area (Å²) in [6, 6.07) is 7.83. The van der Waals surface area contributed by atoms with Crippen LogP contribution in [0.25, 0.3) is 15.9 Å². The molecule has 94 valence electrons. The van der Waals surface area contributed by atoms with Crippen molar-refractivity contribution in [2.24, 2.45) is 0 Å². The third kappa shape index (κ3) is 1.62. The first-order chi connectivity index (χ1) is 9.31. The van der Waals surface area contributed by atoms with Crippen molar-refractivity contribution in [1.29, 1.82) is 0 Å². The molecule has 3 aromatic heterocycles. The summed E-state index contributed by atoms with van der Waals surface area (Å²) in [5.74, 6) is 0.794. The van der Waals surface area contributed by atoms with Gasteiger partial charge in [-0.1, -0.05) is 28.6 Å². The lowest BCUT2D eigenvalue weighted by molar-refractivity contribution is 0.448. The van der Waals surface area contributed by atoms with Crippen LogP contribution in [0.4, 0.5) is 0 Å². The molecule has 0 amide bonds. The van der Waals surface area contributed by atoms with Gasteiger partial charge in [0.2, 0.25) is 4.96 Å². The molecule has 0 fully saturated rings. The van der Waals surface area contributed by atoms with Gasteiger partial charge in [-0.05, 0) is 19.1 Å². The number of para-hydroxylation sites is 1. The highest BCUT2D eigenvalue weighted by molar-refractivity contribution is 7.16. The van der Waals surface area contributed by atoms with Crippen molar-refractivity contribution in [1.82, 2.24) is 25.0 Å². The van der Waals surface area contributed by atoms with Gasteiger partial charge in [0, 0.05) is 11.8 Å². The molecule has 0 atom stereocenters. The fourth-order valence-corrected chi connectivity index (χ4v) is 2.92. The van der Waals surface area contributed by atoms with Gasteiger partial charge in [0.15, 0.2) is 11.4 Å². The van der Waals surface area contributed by atoms with Crippen LogP contribution in [0, 0.1) is 6.92 Å². The Morgan fingerprint density at radius 1 is 1.26 bits per heavy atom. The van der Waals surface area contributed by atoms with Crippen LogP contribution in [0.15, 0.2) is 28.8 Å². The number of hydrogen-bond acceptors (Lipinski definition) is 6. The molecular formula is C12H9N5OS. The third-order valence-electron chi connectivity index (χ3n) is 2.96. The largest absolute Gasteiger partial charge is 0.356 e. The Bertz CT molecular complexity index is 875. The topological polar surface area (TPSA) is 69.1 Å². The third-order valence-corrected chi connectivity index (χ3v) is 3.86. The number of nitrogens with zero attached hydrogens (tertiary/aromatic N) is 5. The monoisotopic (exact) mass is 271 g/mol. The Morgan fingerprint density at radius 2 is 2.16 bits per heavy atom. The normalized spacial score (nSPS) is 11.6. The van der Waals surface area contributed by atoms with E-state index in [9.17, 15) is 0 Å². The number of fused-ring (bicyclic) bond motifs is 2. The molecule has 3 heterocycles. The predicted molar refractivity (Wildman–Crippen MR) is 70.2 cm³/mol. The van der Waals surface area contributed by atoms with Crippen LogP contribution in [0.2, 0.25) is 0 Å². The van der Waals surface area contributed by atoms with E-state index in [1.54, 1.807) is 4.52 Å². The quantitative estimate of drug-likeness (QED) is 0.559. The Kier molecular flexibility index (Phi) is 2.16. The summed E-state index contributed by atoms with van der Waals surface area (Å²) in [5, 5.41) is 18.6. The van der Waals surface area contributed by atoms with E-state index in [1.807, 2.05) is 31.2 Å². The van der Waals surface area contributed by atoms with Crippen molar-refractivity contribution in [3.63, 3.8) is 0 Å². The lowest BCUT2D eigenvalue weighted by atomic mass is 10.2. The van der Waals surface area contributed by atoms with E-state index in [-0.39, 0.29) is 0 Å². The molecule has 0 saturated carbocycles. The molecule has 0 aliphatic carbocycles. The zero-order chi connectivity index (χ0) is 12.8. The first kappa shape index (κ1) is 10.6. The summed E-state index contributed by atoms with van der Waals surface area (Å²) >= 11 is 1.52. The number of aromatic nitrogens is 5. The van der Waals surface area contributed by atoms with Crippen molar-refractivity contribution in [3.8, 4) is 0 Å². The van der Waals surface area contributed by atoms with Crippen molar-refractivity contribution in [2.45, 2.75) is 13.3 Å². The van der Waals surface area contributed by atoms with E-state index in [0.717, 1.165) is 32.5 Å². The molecule has 4 rings (SSSR count). The molecule has 4 aromatic rings. The Labute approximate surface area is 111 Å². The highest BCUT2D eigenvalue weighted by Gasteiger charge is 2.13. The highest BCUT2D eigenvalue weighted by Crippen LogP contribution is 2.22. The summed E-state index contributed by atoms with van der Waals surface area (Å²) in [6.45, 7) is 1.88. The minimum Gasteiger partial charge on any atom is -0.356 e. The Hall–Kier alpha value is -2.28. The predicted octanol–water partition coefficient (Wildman–Crippen LogP) is 2.23. The van der Waals surface area contributed by atoms with Crippen LogP contribution >= 0.6 is 11.3 Å². The maximum absolute atomic E-state index is 5.29. The second-order valence-corrected chi connectivity index (χ2v) is 5.28. The van der Waals surface area contributed by atoms with E-state index in [4.69, 9.17) is 4.52 Å². The van der Waals surface area contributed by atoms with Crippen molar-refractivity contribution >= 4 is 27.3 Å². The van der Waals surface area contributed by atoms with Crippen molar-refractivity contribution in [3.05, 3.63) is 40.8 Å². The molecule has 19 heavy (non-hydrogen) atoms. The molecule has 1 aromatic carbocycles. The van der Waals surface area contributed by atoms with Gasteiger partial charge >= 0.3 is 0 Å². The summed E-state index contributed by atoms with van der Waals surface area (Å²) in [5.41, 5.74) is 1.70. The van der Waals surface area contributed by atoms with Crippen LogP contribution in [0.1, 0.15) is 16.5 Å². The molecule has 0 bridgehead atoms. The van der Waals surface area contributed by atoms with Crippen LogP contribution < -0.4 is 0 Å². The molecule has 0 saturated heterocycles. The Balaban J connectivity index is 1.77. The number of aryl methyl sites for hydroxylation is 1. The summed E-state index contributed by atoms with van der Waals surface area (Å²) in [6.07, 6.45) is 0.643. The van der Waals surface area contributed by atoms with Gasteiger partial charge in [-0.3, -0.25) is 0 Å². The van der Waals surface area contributed by atoms with Gasteiger partial charge < -0.3 is 4.52 Å². The molecular weight excluding hydrogens is 262 g/mol. The molecule has 0 N–H and O–H groups in total. The molecule has 0 aliphatic heterocycles. The van der Waals surface area contributed by atoms with E-state index in [2.05, 4.69) is 20.5 Å². The maximum atomic E-state index is 5.29. The second kappa shape index (κ2) is 3.86. The van der Waals surface area contributed by atoms with Gasteiger partial charge in [0.25, 0.3) is 0 Å². The van der Waals surface area contributed by atoms with Crippen molar-refractivity contribution in [2.75, 3.05) is 0 Å². The fourth-order valence-electron chi connectivity index (χ4n) is 2.03.